The van der Waals surface area contributed by atoms with Crippen molar-refractivity contribution in [3.63, 3.8) is 0 Å². The van der Waals surface area contributed by atoms with Crippen molar-refractivity contribution in [2.75, 3.05) is 6.61 Å². The quantitative estimate of drug-likeness (QED) is 0.633. The Kier molecular flexibility index (Phi) is 6.14. The molecule has 104 valence electrons. The van der Waals surface area contributed by atoms with Crippen LogP contribution >= 0.6 is 0 Å². The zero-order valence-electron chi connectivity index (χ0n) is 9.37. The third-order valence-electron chi connectivity index (χ3n) is 1.77. The second-order valence-electron chi connectivity index (χ2n) is 3.19. The number of carbonyl (C=O) groups excluding carboxylic acids is 3. The van der Waals surface area contributed by atoms with E-state index in [1.165, 1.54) is 12.2 Å². The number of esters is 1. The minimum atomic E-state index is -5.16. The molecule has 0 heterocycles. The van der Waals surface area contributed by atoms with E-state index < -0.39 is 42.9 Å². The molecular weight excluding hydrogens is 259 g/mol. The van der Waals surface area contributed by atoms with Crippen LogP contribution in [0.1, 0.15) is 19.8 Å². The van der Waals surface area contributed by atoms with Crippen molar-refractivity contribution in [3.8, 4) is 0 Å². The largest absolute Gasteiger partial charge is 0.550 e. The lowest BCUT2D eigenvalue weighted by atomic mass is 10.1. The number of hydrogen-bond donors (Lipinski definition) is 1. The second-order valence-corrected chi connectivity index (χ2v) is 3.19. The molecule has 1 atom stereocenters. The van der Waals surface area contributed by atoms with Crippen molar-refractivity contribution >= 4 is 17.8 Å². The Bertz CT molecular complexity index is 329. The number of amides is 1. The van der Waals surface area contributed by atoms with Gasteiger partial charge in [-0.15, -0.1) is 0 Å². The lowest BCUT2D eigenvalue weighted by Crippen LogP contribution is -2.48. The van der Waals surface area contributed by atoms with Crippen LogP contribution in [0.4, 0.5) is 13.2 Å². The van der Waals surface area contributed by atoms with Gasteiger partial charge in [-0.05, 0) is 19.8 Å². The number of rotatable bonds is 6. The molecule has 0 spiro atoms. The average molecular weight is 270 g/mol. The molecule has 0 radical (unpaired) electrons. The van der Waals surface area contributed by atoms with Crippen LogP contribution < -0.4 is 10.4 Å². The van der Waals surface area contributed by atoms with Crippen molar-refractivity contribution in [3.05, 3.63) is 0 Å². The van der Waals surface area contributed by atoms with Gasteiger partial charge >= 0.3 is 18.1 Å². The summed E-state index contributed by atoms with van der Waals surface area (Å²) in [4.78, 5) is 32.0. The van der Waals surface area contributed by atoms with Crippen molar-refractivity contribution < 1.29 is 37.4 Å². The first-order valence-electron chi connectivity index (χ1n) is 4.92. The lowest BCUT2D eigenvalue weighted by Gasteiger charge is -2.18. The number of carbonyl (C=O) groups is 3. The Morgan fingerprint density at radius 2 is 1.89 bits per heavy atom. The number of hydrogen-bond acceptors (Lipinski definition) is 5. The highest BCUT2D eigenvalue weighted by Gasteiger charge is 2.40. The second kappa shape index (κ2) is 6.82. The molecule has 0 aliphatic rings. The Hall–Kier alpha value is -1.80. The minimum Gasteiger partial charge on any atom is -0.550 e. The summed E-state index contributed by atoms with van der Waals surface area (Å²) in [6.45, 7) is 1.31. The molecule has 9 heteroatoms. The number of nitrogens with one attached hydrogen (secondary N) is 1. The molecular formula is C9H11F3NO5-. The predicted octanol–water partition coefficient (Wildman–Crippen LogP) is -0.873. The summed E-state index contributed by atoms with van der Waals surface area (Å²) in [6.07, 6.45) is -6.38. The van der Waals surface area contributed by atoms with E-state index in [2.05, 4.69) is 4.74 Å². The van der Waals surface area contributed by atoms with Crippen LogP contribution in [-0.4, -0.2) is 36.7 Å². The molecule has 0 fully saturated rings. The number of alkyl halides is 3. The molecule has 0 aromatic rings. The molecule has 0 saturated carbocycles. The van der Waals surface area contributed by atoms with E-state index in [4.69, 9.17) is 0 Å². The van der Waals surface area contributed by atoms with Gasteiger partial charge in [-0.3, -0.25) is 4.79 Å². The predicted molar refractivity (Wildman–Crippen MR) is 48.9 cm³/mol. The highest BCUT2D eigenvalue weighted by molar-refractivity contribution is 5.87. The summed E-state index contributed by atoms with van der Waals surface area (Å²) in [6, 6.07) is -1.67. The van der Waals surface area contributed by atoms with Gasteiger partial charge in [0.2, 0.25) is 0 Å². The van der Waals surface area contributed by atoms with Crippen LogP contribution in [-0.2, 0) is 19.1 Å². The highest BCUT2D eigenvalue weighted by atomic mass is 19.4. The molecule has 0 aromatic heterocycles. The smallest absolute Gasteiger partial charge is 0.471 e. The normalized spacial score (nSPS) is 12.7. The van der Waals surface area contributed by atoms with Gasteiger partial charge in [-0.2, -0.15) is 13.2 Å². The van der Waals surface area contributed by atoms with Gasteiger partial charge in [-0.1, -0.05) is 0 Å². The molecule has 0 rings (SSSR count). The third kappa shape index (κ3) is 6.06. The molecule has 0 aromatic carbocycles. The van der Waals surface area contributed by atoms with Crippen LogP contribution in [0.5, 0.6) is 0 Å². The standard InChI is InChI=1S/C9H12F3NO5/c1-2-18-7(16)5(3-4-6(14)15)13-8(17)9(10,11)12/h5H,2-4H2,1H3,(H,13,17)(H,14,15)/p-1/t5-/m0/s1. The number of carboxylic acids is 1. The van der Waals surface area contributed by atoms with Crippen LogP contribution in [0.15, 0.2) is 0 Å². The first kappa shape index (κ1) is 16.2. The third-order valence-corrected chi connectivity index (χ3v) is 1.77. The van der Waals surface area contributed by atoms with Crippen molar-refractivity contribution in [1.29, 1.82) is 0 Å². The van der Waals surface area contributed by atoms with Gasteiger partial charge < -0.3 is 20.0 Å². The van der Waals surface area contributed by atoms with E-state index in [0.717, 1.165) is 0 Å². The molecule has 0 aliphatic heterocycles. The summed E-state index contributed by atoms with van der Waals surface area (Å²) in [5, 5.41) is 11.5. The van der Waals surface area contributed by atoms with Gasteiger partial charge in [0, 0.05) is 5.97 Å². The van der Waals surface area contributed by atoms with Crippen molar-refractivity contribution in [2.45, 2.75) is 32.0 Å². The van der Waals surface area contributed by atoms with E-state index in [9.17, 15) is 32.7 Å². The SMILES string of the molecule is CCOC(=O)[C@H](CCC(=O)[O-])NC(=O)C(F)(F)F. The maximum atomic E-state index is 12.0. The minimum absolute atomic E-state index is 0.109. The number of carboxylic acid groups (broad SMARTS) is 1. The monoisotopic (exact) mass is 270 g/mol. The van der Waals surface area contributed by atoms with Crippen molar-refractivity contribution in [2.24, 2.45) is 0 Å². The lowest BCUT2D eigenvalue weighted by molar-refractivity contribution is -0.305. The number of halogens is 3. The van der Waals surface area contributed by atoms with Crippen molar-refractivity contribution in [1.82, 2.24) is 5.32 Å². The summed E-state index contributed by atoms with van der Waals surface area (Å²) >= 11 is 0. The Morgan fingerprint density at radius 3 is 2.28 bits per heavy atom. The first-order chi connectivity index (χ1) is 8.18. The van der Waals surface area contributed by atoms with E-state index in [0.29, 0.717) is 0 Å². The van der Waals surface area contributed by atoms with E-state index in [-0.39, 0.29) is 6.61 Å². The fraction of sp³-hybridized carbons (Fsp3) is 0.667. The van der Waals surface area contributed by atoms with Crippen LogP contribution in [0.25, 0.3) is 0 Å². The zero-order chi connectivity index (χ0) is 14.3. The van der Waals surface area contributed by atoms with Crippen LogP contribution in [0.3, 0.4) is 0 Å². The fourth-order valence-electron chi connectivity index (χ4n) is 0.994. The number of ether oxygens (including phenoxy) is 1. The maximum Gasteiger partial charge on any atom is 0.471 e. The Labute approximate surface area is 100 Å². The molecule has 18 heavy (non-hydrogen) atoms. The van der Waals surface area contributed by atoms with Crippen LogP contribution in [0, 0.1) is 0 Å². The van der Waals surface area contributed by atoms with E-state index in [1.807, 2.05) is 0 Å². The summed E-state index contributed by atoms with van der Waals surface area (Å²) in [5.41, 5.74) is 0. The topological polar surface area (TPSA) is 95.5 Å². The Balaban J connectivity index is 4.61. The maximum absolute atomic E-state index is 12.0. The van der Waals surface area contributed by atoms with E-state index in [1.54, 1.807) is 0 Å². The number of aliphatic carboxylic acids is 1. The first-order valence-corrected chi connectivity index (χ1v) is 4.92. The molecule has 6 nitrogen and oxygen atoms in total. The molecule has 1 N–H and O–H groups in total. The van der Waals surface area contributed by atoms with Gasteiger partial charge in [0.25, 0.3) is 0 Å². The molecule has 0 aliphatic carbocycles. The average Bonchev–Trinajstić information content (AvgIpc) is 2.22. The fourth-order valence-corrected chi connectivity index (χ4v) is 0.994. The van der Waals surface area contributed by atoms with Gasteiger partial charge in [0.1, 0.15) is 6.04 Å². The van der Waals surface area contributed by atoms with E-state index >= 15 is 0 Å². The molecule has 0 bridgehead atoms. The summed E-state index contributed by atoms with van der Waals surface area (Å²) in [5.74, 6) is -5.01. The molecule has 1 amide bonds. The molecule has 0 saturated heterocycles. The Morgan fingerprint density at radius 1 is 1.33 bits per heavy atom. The van der Waals surface area contributed by atoms with Gasteiger partial charge in [0.15, 0.2) is 0 Å². The molecule has 0 unspecified atom stereocenters. The summed E-state index contributed by atoms with van der Waals surface area (Å²) in [7, 11) is 0. The summed E-state index contributed by atoms with van der Waals surface area (Å²) < 4.78 is 40.3. The van der Waals surface area contributed by atoms with Gasteiger partial charge in [0.05, 0.1) is 6.61 Å². The zero-order valence-corrected chi connectivity index (χ0v) is 9.37. The van der Waals surface area contributed by atoms with Gasteiger partial charge in [-0.25, -0.2) is 4.79 Å². The van der Waals surface area contributed by atoms with Crippen LogP contribution in [0.2, 0.25) is 0 Å². The highest BCUT2D eigenvalue weighted by Crippen LogP contribution is 2.15.